The highest BCUT2D eigenvalue weighted by atomic mass is 16.6. The third kappa shape index (κ3) is 55.7. The van der Waals surface area contributed by atoms with Crippen molar-refractivity contribution in [3.8, 4) is 0 Å². The van der Waals surface area contributed by atoms with Crippen LogP contribution in [0, 0.1) is 17.8 Å². The molecule has 1 unspecified atom stereocenters. The van der Waals surface area contributed by atoms with Gasteiger partial charge in [-0.1, -0.05) is 318 Å². The zero-order valence-electron chi connectivity index (χ0n) is 48.3. The molecule has 0 aliphatic carbocycles. The molecule has 0 aliphatic rings. The molecule has 0 aromatic heterocycles. The van der Waals surface area contributed by atoms with E-state index in [4.69, 9.17) is 14.2 Å². The average molecular weight is 990 g/mol. The van der Waals surface area contributed by atoms with E-state index >= 15 is 0 Å². The molecule has 0 saturated carbocycles. The Labute approximate surface area is 438 Å². The molecule has 2 atom stereocenters. The summed E-state index contributed by atoms with van der Waals surface area (Å²) in [6, 6.07) is 0. The Morgan fingerprint density at radius 3 is 0.743 bits per heavy atom. The van der Waals surface area contributed by atoms with E-state index in [0.29, 0.717) is 19.3 Å². The predicted octanol–water partition coefficient (Wildman–Crippen LogP) is 21.1. The summed E-state index contributed by atoms with van der Waals surface area (Å²) in [5.74, 6) is 1.73. The predicted molar refractivity (Wildman–Crippen MR) is 303 cm³/mol. The van der Waals surface area contributed by atoms with Crippen LogP contribution in [0.4, 0.5) is 0 Å². The summed E-state index contributed by atoms with van der Waals surface area (Å²) in [5.41, 5.74) is 0. The van der Waals surface area contributed by atoms with Gasteiger partial charge in [0.2, 0.25) is 0 Å². The number of ether oxygens (including phenoxy) is 3. The number of carbonyl (C=O) groups excluding carboxylic acids is 3. The van der Waals surface area contributed by atoms with E-state index in [1.807, 2.05) is 0 Å². The zero-order valence-corrected chi connectivity index (χ0v) is 48.3. The normalized spacial score (nSPS) is 12.5. The molecule has 0 aliphatic heterocycles. The largest absolute Gasteiger partial charge is 0.462 e. The molecule has 6 nitrogen and oxygen atoms in total. The van der Waals surface area contributed by atoms with E-state index in [9.17, 15) is 14.4 Å². The molecular formula is C64H124O6. The Balaban J connectivity index is 4.23. The molecule has 0 saturated heterocycles. The van der Waals surface area contributed by atoms with Crippen molar-refractivity contribution in [1.29, 1.82) is 0 Å². The number of unbranched alkanes of at least 4 members (excludes halogenated alkanes) is 39. The van der Waals surface area contributed by atoms with Crippen molar-refractivity contribution in [2.24, 2.45) is 17.8 Å². The quantitative estimate of drug-likeness (QED) is 0.0343. The molecule has 416 valence electrons. The molecule has 0 fully saturated rings. The van der Waals surface area contributed by atoms with Gasteiger partial charge in [0, 0.05) is 19.3 Å². The number of hydrogen-bond donors (Lipinski definition) is 0. The Morgan fingerprint density at radius 2 is 0.500 bits per heavy atom. The molecule has 0 radical (unpaired) electrons. The van der Waals surface area contributed by atoms with Crippen LogP contribution < -0.4 is 0 Å². The first-order chi connectivity index (χ1) is 34.1. The van der Waals surface area contributed by atoms with Crippen molar-refractivity contribution >= 4 is 17.9 Å². The van der Waals surface area contributed by atoms with Crippen LogP contribution in [-0.4, -0.2) is 37.2 Å². The van der Waals surface area contributed by atoms with Crippen molar-refractivity contribution in [3.63, 3.8) is 0 Å². The molecule has 0 aromatic rings. The maximum Gasteiger partial charge on any atom is 0.306 e. The highest BCUT2D eigenvalue weighted by Gasteiger charge is 2.19. The molecule has 0 N–H and O–H groups in total. The molecule has 0 rings (SSSR count). The minimum absolute atomic E-state index is 0.0630. The molecule has 0 bridgehead atoms. The lowest BCUT2D eigenvalue weighted by Crippen LogP contribution is -2.30. The van der Waals surface area contributed by atoms with Gasteiger partial charge < -0.3 is 14.2 Å². The van der Waals surface area contributed by atoms with Crippen molar-refractivity contribution in [3.05, 3.63) is 0 Å². The number of rotatable bonds is 57. The van der Waals surface area contributed by atoms with Crippen molar-refractivity contribution in [2.45, 2.75) is 362 Å². The van der Waals surface area contributed by atoms with Gasteiger partial charge in [0.25, 0.3) is 0 Å². The highest BCUT2D eigenvalue weighted by molar-refractivity contribution is 5.71. The second-order valence-corrected chi connectivity index (χ2v) is 23.2. The Kier molecular flexibility index (Phi) is 53.9. The first kappa shape index (κ1) is 68.4. The summed E-state index contributed by atoms with van der Waals surface area (Å²) in [7, 11) is 0. The van der Waals surface area contributed by atoms with E-state index < -0.39 is 6.10 Å². The summed E-state index contributed by atoms with van der Waals surface area (Å²) >= 11 is 0. The van der Waals surface area contributed by atoms with Gasteiger partial charge in [-0.25, -0.2) is 0 Å². The topological polar surface area (TPSA) is 78.9 Å². The smallest absolute Gasteiger partial charge is 0.306 e. The third-order valence-electron chi connectivity index (χ3n) is 15.0. The fourth-order valence-electron chi connectivity index (χ4n) is 9.85. The van der Waals surface area contributed by atoms with Crippen LogP contribution in [0.5, 0.6) is 0 Å². The maximum atomic E-state index is 12.9. The highest BCUT2D eigenvalue weighted by Crippen LogP contribution is 2.19. The summed E-state index contributed by atoms with van der Waals surface area (Å²) in [6.07, 6.45) is 59.6. The lowest BCUT2D eigenvalue weighted by atomic mass is 9.99. The first-order valence-electron chi connectivity index (χ1n) is 31.6. The Morgan fingerprint density at radius 1 is 0.286 bits per heavy atom. The fraction of sp³-hybridized carbons (Fsp3) is 0.953. The first-order valence-corrected chi connectivity index (χ1v) is 31.6. The fourth-order valence-corrected chi connectivity index (χ4v) is 9.85. The molecule has 70 heavy (non-hydrogen) atoms. The summed E-state index contributed by atoms with van der Waals surface area (Å²) in [4.78, 5) is 38.2. The number of esters is 3. The van der Waals surface area contributed by atoms with E-state index in [0.717, 1.165) is 75.5 Å². The Hall–Kier alpha value is -1.59. The van der Waals surface area contributed by atoms with Crippen LogP contribution in [0.25, 0.3) is 0 Å². The lowest BCUT2D eigenvalue weighted by molar-refractivity contribution is -0.167. The van der Waals surface area contributed by atoms with Crippen LogP contribution in [0.1, 0.15) is 356 Å². The number of carbonyl (C=O) groups is 3. The van der Waals surface area contributed by atoms with Gasteiger partial charge in [0.1, 0.15) is 13.2 Å². The molecule has 0 spiro atoms. The lowest BCUT2D eigenvalue weighted by Gasteiger charge is -2.18. The van der Waals surface area contributed by atoms with E-state index in [2.05, 4.69) is 41.5 Å². The maximum absolute atomic E-state index is 12.9. The molecule has 0 heterocycles. The van der Waals surface area contributed by atoms with Crippen LogP contribution >= 0.6 is 0 Å². The van der Waals surface area contributed by atoms with E-state index in [-0.39, 0.29) is 31.1 Å². The van der Waals surface area contributed by atoms with Gasteiger partial charge in [-0.15, -0.1) is 0 Å². The summed E-state index contributed by atoms with van der Waals surface area (Å²) in [5, 5.41) is 0. The van der Waals surface area contributed by atoms with Crippen molar-refractivity contribution in [2.75, 3.05) is 13.2 Å². The monoisotopic (exact) mass is 989 g/mol. The van der Waals surface area contributed by atoms with Crippen molar-refractivity contribution < 1.29 is 28.6 Å². The van der Waals surface area contributed by atoms with Gasteiger partial charge in [-0.3, -0.25) is 14.4 Å². The molecule has 6 heteroatoms. The number of hydrogen-bond acceptors (Lipinski definition) is 6. The van der Waals surface area contributed by atoms with Crippen molar-refractivity contribution in [1.82, 2.24) is 0 Å². The van der Waals surface area contributed by atoms with Crippen LogP contribution in [-0.2, 0) is 28.6 Å². The minimum atomic E-state index is -0.764. The minimum Gasteiger partial charge on any atom is -0.462 e. The van der Waals surface area contributed by atoms with E-state index in [1.165, 1.54) is 238 Å². The van der Waals surface area contributed by atoms with Gasteiger partial charge in [-0.05, 0) is 37.0 Å². The average Bonchev–Trinajstić information content (AvgIpc) is 3.33. The molecule has 0 amide bonds. The van der Waals surface area contributed by atoms with Gasteiger partial charge in [-0.2, -0.15) is 0 Å². The standard InChI is InChI=1S/C64H124O6/c1-7-60(6)52-46-40-34-28-22-18-14-10-8-9-11-15-19-23-29-35-41-47-53-62(65)68-56-61(57-69-63(66)54-48-42-36-31-25-27-33-39-45-51-59(4)5)70-64(67)55-49-43-37-30-24-20-16-12-13-17-21-26-32-38-44-50-58(2)3/h58-61H,7-57H2,1-6H3/t60?,61-/m1/s1. The zero-order chi connectivity index (χ0) is 51.2. The van der Waals surface area contributed by atoms with Gasteiger partial charge >= 0.3 is 17.9 Å². The van der Waals surface area contributed by atoms with Crippen LogP contribution in [0.3, 0.4) is 0 Å². The van der Waals surface area contributed by atoms with Crippen LogP contribution in [0.2, 0.25) is 0 Å². The summed E-state index contributed by atoms with van der Waals surface area (Å²) < 4.78 is 16.9. The van der Waals surface area contributed by atoms with Gasteiger partial charge in [0.05, 0.1) is 0 Å². The Bertz CT molecular complexity index is 1090. The van der Waals surface area contributed by atoms with Gasteiger partial charge in [0.15, 0.2) is 6.10 Å². The second-order valence-electron chi connectivity index (χ2n) is 23.2. The third-order valence-corrected chi connectivity index (χ3v) is 15.0. The molecule has 0 aromatic carbocycles. The second kappa shape index (κ2) is 55.2. The SMILES string of the molecule is CCC(C)CCCCCCCCCCCCCCCCCCCCC(=O)OC[C@H](COC(=O)CCCCCCCCCCCC(C)C)OC(=O)CCCCCCCCCCCCCCCCCC(C)C. The molecular weight excluding hydrogens is 865 g/mol. The van der Waals surface area contributed by atoms with Crippen LogP contribution in [0.15, 0.2) is 0 Å². The van der Waals surface area contributed by atoms with E-state index in [1.54, 1.807) is 0 Å². The summed E-state index contributed by atoms with van der Waals surface area (Å²) in [6.45, 7) is 13.8.